The molecule has 1 aromatic heterocycles. The van der Waals surface area contributed by atoms with Crippen molar-refractivity contribution in [1.82, 2.24) is 5.32 Å². The van der Waals surface area contributed by atoms with Gasteiger partial charge < -0.3 is 5.32 Å². The van der Waals surface area contributed by atoms with Gasteiger partial charge in [-0.1, -0.05) is 28.9 Å². The third-order valence-corrected chi connectivity index (χ3v) is 4.91. The second kappa shape index (κ2) is 6.50. The zero-order valence-corrected chi connectivity index (χ0v) is 14.0. The fourth-order valence-corrected chi connectivity index (χ4v) is 3.54. The summed E-state index contributed by atoms with van der Waals surface area (Å²) in [7, 11) is 0. The molecular weight excluding hydrogens is 363 g/mol. The minimum atomic E-state index is -4.36. The first-order valence-electron chi connectivity index (χ1n) is 6.53. The van der Waals surface area contributed by atoms with Crippen molar-refractivity contribution in [2.45, 2.75) is 26.1 Å². The number of alkyl halides is 3. The summed E-state index contributed by atoms with van der Waals surface area (Å²) < 4.78 is 39.9. The van der Waals surface area contributed by atoms with Crippen LogP contribution in [0.3, 0.4) is 0 Å². The second-order valence-electron chi connectivity index (χ2n) is 4.67. The van der Waals surface area contributed by atoms with Crippen molar-refractivity contribution in [2.75, 3.05) is 6.54 Å². The first kappa shape index (κ1) is 16.5. The Morgan fingerprint density at radius 3 is 2.57 bits per heavy atom. The van der Waals surface area contributed by atoms with Crippen LogP contribution in [0.15, 0.2) is 34.8 Å². The lowest BCUT2D eigenvalue weighted by atomic mass is 10.1. The molecule has 0 aliphatic rings. The molecule has 0 amide bonds. The van der Waals surface area contributed by atoms with Crippen molar-refractivity contribution < 1.29 is 13.2 Å². The molecule has 1 atom stereocenters. The molecule has 0 saturated heterocycles. The lowest BCUT2D eigenvalue weighted by molar-refractivity contribution is -0.137. The highest BCUT2D eigenvalue weighted by molar-refractivity contribution is 9.10. The molecule has 0 fully saturated rings. The molecular formula is C15H15BrF3NS. The van der Waals surface area contributed by atoms with E-state index in [1.807, 2.05) is 19.9 Å². The number of benzene rings is 1. The van der Waals surface area contributed by atoms with Crippen molar-refractivity contribution in [1.29, 1.82) is 0 Å². The lowest BCUT2D eigenvalue weighted by Gasteiger charge is -2.12. The van der Waals surface area contributed by atoms with Crippen molar-refractivity contribution in [3.63, 3.8) is 0 Å². The van der Waals surface area contributed by atoms with Gasteiger partial charge in [0.1, 0.15) is 0 Å². The molecule has 6 heteroatoms. The van der Waals surface area contributed by atoms with Gasteiger partial charge in [0, 0.05) is 25.8 Å². The standard InChI is InChI=1S/C15H15BrF3NS/c1-3-20-9(2)13-6-7-14(21-13)11-5-4-10(16)8-12(11)15(17,18)19/h4-9,20H,3H2,1-2H3. The van der Waals surface area contributed by atoms with Gasteiger partial charge >= 0.3 is 6.18 Å². The highest BCUT2D eigenvalue weighted by atomic mass is 79.9. The number of rotatable bonds is 4. The second-order valence-corrected chi connectivity index (χ2v) is 6.70. The van der Waals surface area contributed by atoms with Crippen LogP contribution < -0.4 is 5.32 Å². The highest BCUT2D eigenvalue weighted by Crippen LogP contribution is 2.41. The fourth-order valence-electron chi connectivity index (χ4n) is 2.10. The lowest BCUT2D eigenvalue weighted by Crippen LogP contribution is -2.16. The van der Waals surface area contributed by atoms with Crippen molar-refractivity contribution in [3.05, 3.63) is 45.2 Å². The van der Waals surface area contributed by atoms with Gasteiger partial charge in [-0.3, -0.25) is 0 Å². The molecule has 1 N–H and O–H groups in total. The molecule has 0 radical (unpaired) electrons. The number of hydrogen-bond acceptors (Lipinski definition) is 2. The van der Waals surface area contributed by atoms with Crippen molar-refractivity contribution in [3.8, 4) is 10.4 Å². The molecule has 1 unspecified atom stereocenters. The third kappa shape index (κ3) is 3.87. The van der Waals surface area contributed by atoms with E-state index in [0.717, 1.165) is 17.5 Å². The van der Waals surface area contributed by atoms with Crippen LogP contribution in [0.4, 0.5) is 13.2 Å². The Bertz CT molecular complexity index is 622. The van der Waals surface area contributed by atoms with Gasteiger partial charge in [-0.2, -0.15) is 13.2 Å². The molecule has 114 valence electrons. The Morgan fingerprint density at radius 1 is 1.24 bits per heavy atom. The summed E-state index contributed by atoms with van der Waals surface area (Å²) in [6, 6.07) is 8.06. The van der Waals surface area contributed by atoms with Gasteiger partial charge in [0.15, 0.2) is 0 Å². The Hall–Kier alpha value is -0.850. The van der Waals surface area contributed by atoms with Crippen molar-refractivity contribution in [2.24, 2.45) is 0 Å². The summed E-state index contributed by atoms with van der Waals surface area (Å²) in [5, 5.41) is 3.26. The SMILES string of the molecule is CCNC(C)c1ccc(-c2ccc(Br)cc2C(F)(F)F)s1. The van der Waals surface area contributed by atoms with E-state index in [0.29, 0.717) is 9.35 Å². The summed E-state index contributed by atoms with van der Waals surface area (Å²) in [6.45, 7) is 4.83. The predicted octanol–water partition coefficient (Wildman–Crippen LogP) is 5.87. The van der Waals surface area contributed by atoms with E-state index in [2.05, 4.69) is 21.2 Å². The Morgan fingerprint density at radius 2 is 1.95 bits per heavy atom. The molecule has 21 heavy (non-hydrogen) atoms. The van der Waals surface area contributed by atoms with E-state index < -0.39 is 11.7 Å². The van der Waals surface area contributed by atoms with Crippen LogP contribution >= 0.6 is 27.3 Å². The zero-order chi connectivity index (χ0) is 15.6. The van der Waals surface area contributed by atoms with E-state index in [1.165, 1.54) is 17.4 Å². The first-order chi connectivity index (χ1) is 9.82. The van der Waals surface area contributed by atoms with E-state index in [1.54, 1.807) is 12.1 Å². The molecule has 2 rings (SSSR count). The van der Waals surface area contributed by atoms with Crippen LogP contribution in [-0.2, 0) is 6.18 Å². The van der Waals surface area contributed by atoms with Gasteiger partial charge in [-0.05, 0) is 37.7 Å². The summed E-state index contributed by atoms with van der Waals surface area (Å²) in [4.78, 5) is 1.66. The molecule has 1 heterocycles. The monoisotopic (exact) mass is 377 g/mol. The van der Waals surface area contributed by atoms with Crippen LogP contribution in [0.2, 0.25) is 0 Å². The van der Waals surface area contributed by atoms with E-state index in [4.69, 9.17) is 0 Å². The van der Waals surface area contributed by atoms with Crippen LogP contribution in [0, 0.1) is 0 Å². The third-order valence-electron chi connectivity index (χ3n) is 3.12. The van der Waals surface area contributed by atoms with Crippen LogP contribution in [-0.4, -0.2) is 6.54 Å². The van der Waals surface area contributed by atoms with Crippen LogP contribution in [0.25, 0.3) is 10.4 Å². The minimum absolute atomic E-state index is 0.138. The maximum absolute atomic E-state index is 13.2. The average molecular weight is 378 g/mol. The van der Waals surface area contributed by atoms with Crippen molar-refractivity contribution >= 4 is 27.3 Å². The molecule has 0 aliphatic carbocycles. The zero-order valence-electron chi connectivity index (χ0n) is 11.6. The first-order valence-corrected chi connectivity index (χ1v) is 8.14. The summed E-state index contributed by atoms with van der Waals surface area (Å²) in [5.41, 5.74) is -0.382. The largest absolute Gasteiger partial charge is 0.417 e. The molecule has 0 bridgehead atoms. The molecule has 0 aliphatic heterocycles. The molecule has 1 nitrogen and oxygen atoms in total. The summed E-state index contributed by atoms with van der Waals surface area (Å²) in [6.07, 6.45) is -4.36. The fraction of sp³-hybridized carbons (Fsp3) is 0.333. The highest BCUT2D eigenvalue weighted by Gasteiger charge is 2.34. The normalized spacial score (nSPS) is 13.4. The molecule has 0 saturated carbocycles. The van der Waals surface area contributed by atoms with E-state index in [-0.39, 0.29) is 11.6 Å². The molecule has 2 aromatic rings. The average Bonchev–Trinajstić information content (AvgIpc) is 2.87. The number of hydrogen-bond donors (Lipinski definition) is 1. The molecule has 0 spiro atoms. The van der Waals surface area contributed by atoms with Gasteiger partial charge in [0.25, 0.3) is 0 Å². The summed E-state index contributed by atoms with van der Waals surface area (Å²) >= 11 is 4.50. The van der Waals surface area contributed by atoms with Gasteiger partial charge in [-0.15, -0.1) is 11.3 Å². The quantitative estimate of drug-likeness (QED) is 0.702. The number of halogens is 4. The maximum atomic E-state index is 13.2. The van der Waals surface area contributed by atoms with E-state index >= 15 is 0 Å². The predicted molar refractivity (Wildman–Crippen MR) is 84.5 cm³/mol. The van der Waals surface area contributed by atoms with Crippen LogP contribution in [0.1, 0.15) is 30.3 Å². The Kier molecular flexibility index (Phi) is 5.11. The van der Waals surface area contributed by atoms with Gasteiger partial charge in [-0.25, -0.2) is 0 Å². The van der Waals surface area contributed by atoms with Gasteiger partial charge in [0.05, 0.1) is 5.56 Å². The van der Waals surface area contributed by atoms with Crippen LogP contribution in [0.5, 0.6) is 0 Å². The van der Waals surface area contributed by atoms with Gasteiger partial charge in [0.2, 0.25) is 0 Å². The topological polar surface area (TPSA) is 12.0 Å². The van der Waals surface area contributed by atoms with E-state index in [9.17, 15) is 13.2 Å². The Labute approximate surface area is 134 Å². The molecule has 1 aromatic carbocycles. The maximum Gasteiger partial charge on any atom is 0.417 e. The number of nitrogens with one attached hydrogen (secondary N) is 1. The summed E-state index contributed by atoms with van der Waals surface area (Å²) in [5.74, 6) is 0. The Balaban J connectivity index is 2.43. The smallest absolute Gasteiger partial charge is 0.310 e. The minimum Gasteiger partial charge on any atom is -0.310 e. The number of thiophene rings is 1.